The monoisotopic (exact) mass is 306 g/mol. The quantitative estimate of drug-likeness (QED) is 0.827. The van der Waals surface area contributed by atoms with Gasteiger partial charge in [0.25, 0.3) is 0 Å². The first kappa shape index (κ1) is 13.9. The molecule has 1 saturated heterocycles. The number of nitrogens with zero attached hydrogens (tertiary/aromatic N) is 4. The van der Waals surface area contributed by atoms with E-state index in [1.165, 1.54) is 22.9 Å². The Kier molecular flexibility index (Phi) is 3.80. The van der Waals surface area contributed by atoms with Gasteiger partial charge in [0.1, 0.15) is 11.0 Å². The molecule has 21 heavy (non-hydrogen) atoms. The van der Waals surface area contributed by atoms with Crippen LogP contribution in [0.1, 0.15) is 6.42 Å². The van der Waals surface area contributed by atoms with Crippen molar-refractivity contribution in [3.8, 4) is 5.88 Å². The molecule has 1 atom stereocenters. The first-order chi connectivity index (χ1) is 10.2. The molecule has 1 aliphatic rings. The highest BCUT2D eigenvalue weighted by atomic mass is 32.2. The number of rotatable bonds is 4. The maximum Gasteiger partial charge on any atom is 0.244 e. The van der Waals surface area contributed by atoms with Crippen LogP contribution >= 0.6 is 0 Å². The molecule has 2 aromatic rings. The molecule has 0 aliphatic carbocycles. The molecule has 110 valence electrons. The Morgan fingerprint density at radius 3 is 2.76 bits per heavy atom. The van der Waals surface area contributed by atoms with Gasteiger partial charge in [-0.25, -0.2) is 13.4 Å². The maximum absolute atomic E-state index is 12.4. The standard InChI is InChI=1S/C13H14N4O3S/c18-21(19,12-2-1-4-14-8-12)17-7-3-11(10-17)20-13-9-15-5-6-16-13/h1-2,4-6,8-9,11H,3,7,10H2. The van der Waals surface area contributed by atoms with Crippen LogP contribution in [0.4, 0.5) is 0 Å². The van der Waals surface area contributed by atoms with Crippen LogP contribution in [0.15, 0.2) is 48.0 Å². The summed E-state index contributed by atoms with van der Waals surface area (Å²) in [6.07, 6.45) is 7.91. The van der Waals surface area contributed by atoms with Crippen molar-refractivity contribution in [3.63, 3.8) is 0 Å². The van der Waals surface area contributed by atoms with E-state index < -0.39 is 10.0 Å². The van der Waals surface area contributed by atoms with Gasteiger partial charge in [0, 0.05) is 31.3 Å². The normalized spacial score (nSPS) is 19.5. The summed E-state index contributed by atoms with van der Waals surface area (Å²) >= 11 is 0. The third-order valence-corrected chi connectivity index (χ3v) is 5.06. The van der Waals surface area contributed by atoms with Crippen molar-refractivity contribution in [3.05, 3.63) is 43.1 Å². The van der Waals surface area contributed by atoms with Crippen LogP contribution in [0.25, 0.3) is 0 Å². The highest BCUT2D eigenvalue weighted by Crippen LogP contribution is 2.22. The van der Waals surface area contributed by atoms with E-state index in [-0.39, 0.29) is 11.0 Å². The van der Waals surface area contributed by atoms with Gasteiger partial charge in [-0.3, -0.25) is 9.97 Å². The van der Waals surface area contributed by atoms with E-state index in [1.54, 1.807) is 24.5 Å². The van der Waals surface area contributed by atoms with Crippen LogP contribution in [0, 0.1) is 0 Å². The summed E-state index contributed by atoms with van der Waals surface area (Å²) in [7, 11) is -3.51. The van der Waals surface area contributed by atoms with E-state index >= 15 is 0 Å². The van der Waals surface area contributed by atoms with Crippen LogP contribution in [0.3, 0.4) is 0 Å². The van der Waals surface area contributed by atoms with Crippen LogP contribution in [0.2, 0.25) is 0 Å². The molecule has 0 amide bonds. The van der Waals surface area contributed by atoms with Crippen molar-refractivity contribution in [2.75, 3.05) is 13.1 Å². The van der Waals surface area contributed by atoms with Crippen molar-refractivity contribution in [1.29, 1.82) is 0 Å². The second-order valence-electron chi connectivity index (χ2n) is 4.62. The Hall–Kier alpha value is -2.06. The lowest BCUT2D eigenvalue weighted by molar-refractivity contribution is 0.206. The minimum absolute atomic E-state index is 0.199. The van der Waals surface area contributed by atoms with Gasteiger partial charge >= 0.3 is 0 Å². The average molecular weight is 306 g/mol. The number of ether oxygens (including phenoxy) is 1. The number of sulfonamides is 1. The number of aromatic nitrogens is 3. The summed E-state index contributed by atoms with van der Waals surface area (Å²) in [6.45, 7) is 0.718. The molecule has 0 saturated carbocycles. The fourth-order valence-corrected chi connectivity index (χ4v) is 3.63. The minimum atomic E-state index is -3.51. The molecule has 3 heterocycles. The van der Waals surface area contributed by atoms with E-state index in [2.05, 4.69) is 15.0 Å². The maximum atomic E-state index is 12.4. The Morgan fingerprint density at radius 1 is 1.19 bits per heavy atom. The van der Waals surface area contributed by atoms with E-state index in [0.29, 0.717) is 25.4 Å². The third kappa shape index (κ3) is 3.01. The molecule has 0 aromatic carbocycles. The fraction of sp³-hybridized carbons (Fsp3) is 0.308. The summed E-state index contributed by atoms with van der Waals surface area (Å²) in [6, 6.07) is 3.15. The van der Waals surface area contributed by atoms with Gasteiger partial charge in [-0.2, -0.15) is 4.31 Å². The van der Waals surface area contributed by atoms with Crippen molar-refractivity contribution in [2.45, 2.75) is 17.4 Å². The molecule has 0 spiro atoms. The SMILES string of the molecule is O=S(=O)(c1cccnc1)N1CCC(Oc2cnccn2)C1. The molecule has 1 fully saturated rings. The van der Waals surface area contributed by atoms with Gasteiger partial charge in [0.2, 0.25) is 15.9 Å². The Balaban J connectivity index is 1.70. The number of pyridine rings is 1. The summed E-state index contributed by atoms with van der Waals surface area (Å²) in [5, 5.41) is 0. The first-order valence-corrected chi connectivity index (χ1v) is 7.93. The van der Waals surface area contributed by atoms with Gasteiger partial charge < -0.3 is 4.74 Å². The van der Waals surface area contributed by atoms with Crippen LogP contribution in [-0.2, 0) is 10.0 Å². The van der Waals surface area contributed by atoms with Gasteiger partial charge in [-0.1, -0.05) is 0 Å². The largest absolute Gasteiger partial charge is 0.472 e. The summed E-state index contributed by atoms with van der Waals surface area (Å²) < 4.78 is 31.9. The average Bonchev–Trinajstić information content (AvgIpc) is 2.98. The predicted octanol–water partition coefficient (Wildman–Crippen LogP) is 0.714. The van der Waals surface area contributed by atoms with E-state index in [9.17, 15) is 8.42 Å². The Bertz CT molecular complexity index is 694. The minimum Gasteiger partial charge on any atom is -0.472 e. The van der Waals surface area contributed by atoms with Gasteiger partial charge in [-0.15, -0.1) is 0 Å². The molecule has 7 nitrogen and oxygen atoms in total. The lowest BCUT2D eigenvalue weighted by Gasteiger charge is -2.16. The smallest absolute Gasteiger partial charge is 0.244 e. The Morgan fingerprint density at radius 2 is 2.05 bits per heavy atom. The molecule has 3 rings (SSSR count). The van der Waals surface area contributed by atoms with Gasteiger partial charge in [0.15, 0.2) is 0 Å². The third-order valence-electron chi connectivity index (χ3n) is 3.21. The van der Waals surface area contributed by atoms with Crippen LogP contribution in [0.5, 0.6) is 5.88 Å². The molecule has 8 heteroatoms. The molecule has 1 aliphatic heterocycles. The van der Waals surface area contributed by atoms with E-state index in [1.807, 2.05) is 0 Å². The first-order valence-electron chi connectivity index (χ1n) is 6.49. The zero-order valence-electron chi connectivity index (χ0n) is 11.2. The van der Waals surface area contributed by atoms with E-state index in [4.69, 9.17) is 4.74 Å². The molecule has 0 radical (unpaired) electrons. The summed E-state index contributed by atoms with van der Waals surface area (Å²) in [5.41, 5.74) is 0. The Labute approximate surface area is 122 Å². The number of hydrogen-bond acceptors (Lipinski definition) is 6. The van der Waals surface area contributed by atoms with Gasteiger partial charge in [0.05, 0.1) is 12.7 Å². The summed E-state index contributed by atoms with van der Waals surface area (Å²) in [4.78, 5) is 12.0. The second-order valence-corrected chi connectivity index (χ2v) is 6.56. The van der Waals surface area contributed by atoms with Crippen molar-refractivity contribution in [1.82, 2.24) is 19.3 Å². The zero-order valence-corrected chi connectivity index (χ0v) is 12.0. The van der Waals surface area contributed by atoms with Crippen LogP contribution < -0.4 is 4.74 Å². The summed E-state index contributed by atoms with van der Waals surface area (Å²) in [5.74, 6) is 0.406. The molecule has 0 N–H and O–H groups in total. The van der Waals surface area contributed by atoms with Gasteiger partial charge in [-0.05, 0) is 18.6 Å². The topological polar surface area (TPSA) is 85.3 Å². The lowest BCUT2D eigenvalue weighted by atomic mass is 10.3. The molecular formula is C13H14N4O3S. The molecule has 0 bridgehead atoms. The predicted molar refractivity (Wildman–Crippen MR) is 74.1 cm³/mol. The highest BCUT2D eigenvalue weighted by Gasteiger charge is 2.33. The molecule has 1 unspecified atom stereocenters. The lowest BCUT2D eigenvalue weighted by Crippen LogP contribution is -2.31. The van der Waals surface area contributed by atoms with Crippen molar-refractivity contribution < 1.29 is 13.2 Å². The van der Waals surface area contributed by atoms with E-state index in [0.717, 1.165) is 0 Å². The second kappa shape index (κ2) is 5.74. The highest BCUT2D eigenvalue weighted by molar-refractivity contribution is 7.89. The molecular weight excluding hydrogens is 292 g/mol. The van der Waals surface area contributed by atoms with Crippen molar-refractivity contribution in [2.24, 2.45) is 0 Å². The van der Waals surface area contributed by atoms with Crippen LogP contribution in [-0.4, -0.2) is 46.9 Å². The zero-order chi connectivity index (χ0) is 14.7. The van der Waals surface area contributed by atoms with Crippen molar-refractivity contribution >= 4 is 10.0 Å². The molecule has 2 aromatic heterocycles. The fourth-order valence-electron chi connectivity index (χ4n) is 2.18. The number of hydrogen-bond donors (Lipinski definition) is 0.